The third-order valence-electron chi connectivity index (χ3n) is 4.64. The lowest BCUT2D eigenvalue weighted by atomic mass is 9.95. The number of thiophene rings is 1. The molecule has 0 aliphatic carbocycles. The summed E-state index contributed by atoms with van der Waals surface area (Å²) in [5.41, 5.74) is 0.793. The number of nitrogens with zero attached hydrogens (tertiary/aromatic N) is 2. The van der Waals surface area contributed by atoms with Gasteiger partial charge in [-0.1, -0.05) is 11.6 Å². The van der Waals surface area contributed by atoms with E-state index in [-0.39, 0.29) is 11.8 Å². The highest BCUT2D eigenvalue weighted by atomic mass is 35.5. The summed E-state index contributed by atoms with van der Waals surface area (Å²) in [6.45, 7) is 1.70. The third kappa shape index (κ3) is 3.48. The van der Waals surface area contributed by atoms with E-state index in [4.69, 9.17) is 11.6 Å². The molecule has 6 heteroatoms. The first-order valence-corrected chi connectivity index (χ1v) is 9.60. The summed E-state index contributed by atoms with van der Waals surface area (Å²) in [6.07, 6.45) is 3.54. The van der Waals surface area contributed by atoms with Crippen molar-refractivity contribution < 1.29 is 4.79 Å². The molecule has 0 bridgehead atoms. The Morgan fingerprint density at radius 1 is 1.16 bits per heavy atom. The van der Waals surface area contributed by atoms with E-state index in [0.717, 1.165) is 37.4 Å². The number of carbonyl (C=O) groups is 1. The minimum atomic E-state index is 0.0357. The SMILES string of the molecule is O=C(Nc1ccc(Cl)cc1)C1CCN(c2nccc3sccc23)CC1. The van der Waals surface area contributed by atoms with Crippen LogP contribution in [0.2, 0.25) is 5.02 Å². The number of hydrogen-bond acceptors (Lipinski definition) is 4. The molecule has 0 atom stereocenters. The van der Waals surface area contributed by atoms with Gasteiger partial charge in [0.25, 0.3) is 0 Å². The van der Waals surface area contributed by atoms with Crippen LogP contribution in [-0.2, 0) is 4.79 Å². The van der Waals surface area contributed by atoms with Gasteiger partial charge in [-0.15, -0.1) is 11.3 Å². The van der Waals surface area contributed by atoms with Gasteiger partial charge in [-0.2, -0.15) is 0 Å². The number of fused-ring (bicyclic) bond motifs is 1. The monoisotopic (exact) mass is 371 g/mol. The van der Waals surface area contributed by atoms with Gasteiger partial charge >= 0.3 is 0 Å². The van der Waals surface area contributed by atoms with Crippen molar-refractivity contribution in [2.24, 2.45) is 5.92 Å². The molecule has 0 spiro atoms. The number of benzene rings is 1. The third-order valence-corrected chi connectivity index (χ3v) is 5.77. The van der Waals surface area contributed by atoms with E-state index in [2.05, 4.69) is 32.7 Å². The molecule has 4 nitrogen and oxygen atoms in total. The van der Waals surface area contributed by atoms with Gasteiger partial charge in [0, 0.05) is 46.0 Å². The molecule has 1 N–H and O–H groups in total. The van der Waals surface area contributed by atoms with E-state index in [1.165, 1.54) is 10.1 Å². The van der Waals surface area contributed by atoms with E-state index >= 15 is 0 Å². The van der Waals surface area contributed by atoms with E-state index in [1.54, 1.807) is 23.5 Å². The molecular formula is C19H18ClN3OS. The Balaban J connectivity index is 1.40. The summed E-state index contributed by atoms with van der Waals surface area (Å²) in [7, 11) is 0. The number of amides is 1. The van der Waals surface area contributed by atoms with Crippen LogP contribution in [0.1, 0.15) is 12.8 Å². The number of anilines is 2. The van der Waals surface area contributed by atoms with Crippen LogP contribution in [0.15, 0.2) is 48.0 Å². The van der Waals surface area contributed by atoms with Crippen LogP contribution in [0.3, 0.4) is 0 Å². The lowest BCUT2D eigenvalue weighted by molar-refractivity contribution is -0.120. The molecule has 1 aliphatic heterocycles. The van der Waals surface area contributed by atoms with Crippen LogP contribution in [0.25, 0.3) is 10.1 Å². The Bertz CT molecular complexity index is 885. The van der Waals surface area contributed by atoms with Crippen LogP contribution in [-0.4, -0.2) is 24.0 Å². The molecule has 2 aromatic heterocycles. The molecular weight excluding hydrogens is 354 g/mol. The molecule has 1 amide bonds. The van der Waals surface area contributed by atoms with E-state index in [9.17, 15) is 4.79 Å². The molecule has 1 aliphatic rings. The highest BCUT2D eigenvalue weighted by Crippen LogP contribution is 2.31. The smallest absolute Gasteiger partial charge is 0.227 e. The maximum absolute atomic E-state index is 12.5. The Kier molecular flexibility index (Phi) is 4.59. The molecule has 128 valence electrons. The van der Waals surface area contributed by atoms with Crippen LogP contribution in [0, 0.1) is 5.92 Å². The molecule has 1 fully saturated rings. The first-order valence-electron chi connectivity index (χ1n) is 8.34. The number of nitrogens with one attached hydrogen (secondary N) is 1. The van der Waals surface area contributed by atoms with Crippen molar-refractivity contribution >= 4 is 50.4 Å². The highest BCUT2D eigenvalue weighted by Gasteiger charge is 2.26. The molecule has 0 saturated carbocycles. The van der Waals surface area contributed by atoms with Gasteiger partial charge in [0.1, 0.15) is 5.82 Å². The highest BCUT2D eigenvalue weighted by molar-refractivity contribution is 7.17. The molecule has 0 radical (unpaired) electrons. The quantitative estimate of drug-likeness (QED) is 0.718. The first kappa shape index (κ1) is 16.4. The van der Waals surface area contributed by atoms with Crippen molar-refractivity contribution in [1.82, 2.24) is 4.98 Å². The molecule has 1 aromatic carbocycles. The van der Waals surface area contributed by atoms with Crippen LogP contribution < -0.4 is 10.2 Å². The molecule has 25 heavy (non-hydrogen) atoms. The molecule has 3 aromatic rings. The number of pyridine rings is 1. The van der Waals surface area contributed by atoms with Gasteiger partial charge in [-0.25, -0.2) is 4.98 Å². The lowest BCUT2D eigenvalue weighted by Gasteiger charge is -2.32. The van der Waals surface area contributed by atoms with Crippen LogP contribution in [0.5, 0.6) is 0 Å². The fourth-order valence-electron chi connectivity index (χ4n) is 3.26. The zero-order valence-corrected chi connectivity index (χ0v) is 15.2. The van der Waals surface area contributed by atoms with Crippen LogP contribution >= 0.6 is 22.9 Å². The average molecular weight is 372 g/mol. The Hall–Kier alpha value is -2.11. The largest absolute Gasteiger partial charge is 0.356 e. The van der Waals surface area contributed by atoms with Gasteiger partial charge in [0.15, 0.2) is 0 Å². The molecule has 4 rings (SSSR count). The molecule has 3 heterocycles. The maximum Gasteiger partial charge on any atom is 0.227 e. The van der Waals surface area contributed by atoms with Crippen molar-refractivity contribution in [3.8, 4) is 0 Å². The average Bonchev–Trinajstić information content (AvgIpc) is 3.12. The normalized spacial score (nSPS) is 15.5. The minimum Gasteiger partial charge on any atom is -0.356 e. The first-order chi connectivity index (χ1) is 12.2. The van der Waals surface area contributed by atoms with E-state index in [0.29, 0.717) is 5.02 Å². The van der Waals surface area contributed by atoms with Gasteiger partial charge in [-0.3, -0.25) is 4.79 Å². The summed E-state index contributed by atoms with van der Waals surface area (Å²) >= 11 is 7.61. The molecule has 1 saturated heterocycles. The summed E-state index contributed by atoms with van der Waals surface area (Å²) in [6, 6.07) is 11.4. The number of aromatic nitrogens is 1. The Labute approximate surface area is 155 Å². The summed E-state index contributed by atoms with van der Waals surface area (Å²) in [5, 5.41) is 6.96. The fraction of sp³-hybridized carbons (Fsp3) is 0.263. The van der Waals surface area contributed by atoms with E-state index < -0.39 is 0 Å². The van der Waals surface area contributed by atoms with Gasteiger partial charge in [0.2, 0.25) is 5.91 Å². The predicted octanol–water partition coefficient (Wildman–Crippen LogP) is 4.80. The lowest BCUT2D eigenvalue weighted by Crippen LogP contribution is -2.38. The predicted molar refractivity (Wildman–Crippen MR) is 105 cm³/mol. The van der Waals surface area contributed by atoms with Crippen molar-refractivity contribution in [2.45, 2.75) is 12.8 Å². The Morgan fingerprint density at radius 3 is 2.68 bits per heavy atom. The summed E-state index contributed by atoms with van der Waals surface area (Å²) in [5.74, 6) is 1.16. The zero-order valence-electron chi connectivity index (χ0n) is 13.6. The minimum absolute atomic E-state index is 0.0357. The van der Waals surface area contributed by atoms with Crippen molar-refractivity contribution in [1.29, 1.82) is 0 Å². The fourth-order valence-corrected chi connectivity index (χ4v) is 4.17. The number of carbonyl (C=O) groups excluding carboxylic acids is 1. The van der Waals surface area contributed by atoms with Crippen molar-refractivity contribution in [3.05, 3.63) is 53.0 Å². The second kappa shape index (κ2) is 7.02. The van der Waals surface area contributed by atoms with Gasteiger partial charge in [-0.05, 0) is 54.6 Å². The Morgan fingerprint density at radius 2 is 1.92 bits per heavy atom. The topological polar surface area (TPSA) is 45.2 Å². The zero-order chi connectivity index (χ0) is 17.2. The summed E-state index contributed by atoms with van der Waals surface area (Å²) < 4.78 is 1.26. The van der Waals surface area contributed by atoms with E-state index in [1.807, 2.05) is 18.3 Å². The van der Waals surface area contributed by atoms with Crippen molar-refractivity contribution in [3.63, 3.8) is 0 Å². The number of piperidine rings is 1. The number of rotatable bonds is 3. The maximum atomic E-state index is 12.5. The van der Waals surface area contributed by atoms with Crippen LogP contribution in [0.4, 0.5) is 11.5 Å². The second-order valence-corrected chi connectivity index (χ2v) is 7.61. The molecule has 0 unspecified atom stereocenters. The second-order valence-electron chi connectivity index (χ2n) is 6.22. The number of halogens is 1. The standard InChI is InChI=1S/C19H18ClN3OS/c20-14-1-3-15(4-2-14)22-19(24)13-6-10-23(11-7-13)18-16-8-12-25-17(16)5-9-21-18/h1-5,8-9,12-13H,6-7,10-11H2,(H,22,24). The number of hydrogen-bond donors (Lipinski definition) is 1. The summed E-state index contributed by atoms with van der Waals surface area (Å²) in [4.78, 5) is 19.4. The van der Waals surface area contributed by atoms with Gasteiger partial charge < -0.3 is 10.2 Å². The van der Waals surface area contributed by atoms with Gasteiger partial charge in [0.05, 0.1) is 0 Å². The van der Waals surface area contributed by atoms with Crippen molar-refractivity contribution in [2.75, 3.05) is 23.3 Å².